The molecule has 2 aromatic heterocycles. The van der Waals surface area contributed by atoms with Crippen LogP contribution in [0.25, 0.3) is 5.78 Å². The Bertz CT molecular complexity index is 716. The molecule has 0 atom stereocenters. The van der Waals surface area contributed by atoms with Crippen LogP contribution in [0.1, 0.15) is 36.8 Å². The molecule has 0 spiro atoms. The SMILES string of the molecule is Cc1nc2ncnn2c(NC(=O)OC(C)(C)C)c1C(=O)O. The number of carbonyl (C=O) groups is 2. The van der Waals surface area contributed by atoms with Gasteiger partial charge in [-0.05, 0) is 27.7 Å². The standard InChI is InChI=1S/C12H15N5O4/c1-6-7(9(18)19)8(16-11(20)21-12(2,3)4)17-10(15-6)13-5-14-17/h5H,1-4H3,(H,16,20)(H,18,19). The van der Waals surface area contributed by atoms with Crippen LogP contribution in [0.15, 0.2) is 6.33 Å². The van der Waals surface area contributed by atoms with Gasteiger partial charge in [0.05, 0.1) is 5.69 Å². The van der Waals surface area contributed by atoms with E-state index < -0.39 is 17.7 Å². The predicted molar refractivity (Wildman–Crippen MR) is 72.3 cm³/mol. The lowest BCUT2D eigenvalue weighted by atomic mass is 10.2. The first-order valence-electron chi connectivity index (χ1n) is 6.12. The highest BCUT2D eigenvalue weighted by molar-refractivity contribution is 5.98. The van der Waals surface area contributed by atoms with Gasteiger partial charge in [-0.25, -0.2) is 14.6 Å². The lowest BCUT2D eigenvalue weighted by Crippen LogP contribution is -2.29. The third kappa shape index (κ3) is 3.07. The van der Waals surface area contributed by atoms with Gasteiger partial charge < -0.3 is 9.84 Å². The van der Waals surface area contributed by atoms with Crippen LogP contribution in [0.4, 0.5) is 10.6 Å². The zero-order valence-corrected chi connectivity index (χ0v) is 12.0. The molecule has 0 bridgehead atoms. The summed E-state index contributed by atoms with van der Waals surface area (Å²) in [5, 5.41) is 15.6. The van der Waals surface area contributed by atoms with Crippen molar-refractivity contribution in [2.75, 3.05) is 5.32 Å². The van der Waals surface area contributed by atoms with Gasteiger partial charge in [-0.1, -0.05) is 0 Å². The average molecular weight is 293 g/mol. The van der Waals surface area contributed by atoms with Crippen LogP contribution in [-0.4, -0.2) is 42.4 Å². The molecule has 0 unspecified atom stereocenters. The quantitative estimate of drug-likeness (QED) is 0.860. The normalized spacial score (nSPS) is 11.4. The van der Waals surface area contributed by atoms with Gasteiger partial charge in [-0.15, -0.1) is 0 Å². The number of carbonyl (C=O) groups excluding carboxylic acids is 1. The number of aromatic nitrogens is 4. The molecule has 0 aliphatic heterocycles. The topological polar surface area (TPSA) is 119 Å². The monoisotopic (exact) mass is 293 g/mol. The summed E-state index contributed by atoms with van der Waals surface area (Å²) in [6, 6.07) is 0. The van der Waals surface area contributed by atoms with E-state index >= 15 is 0 Å². The molecule has 2 rings (SSSR count). The molecule has 1 amide bonds. The maximum absolute atomic E-state index is 11.9. The molecule has 0 fully saturated rings. The molecule has 0 radical (unpaired) electrons. The maximum atomic E-state index is 11.9. The molecule has 9 nitrogen and oxygen atoms in total. The average Bonchev–Trinajstić information content (AvgIpc) is 2.73. The molecule has 2 aromatic rings. The van der Waals surface area contributed by atoms with Crippen LogP contribution in [0, 0.1) is 6.92 Å². The summed E-state index contributed by atoms with van der Waals surface area (Å²) in [5.74, 6) is -1.09. The number of fused-ring (bicyclic) bond motifs is 1. The first-order valence-corrected chi connectivity index (χ1v) is 6.12. The second-order valence-corrected chi connectivity index (χ2v) is 5.32. The summed E-state index contributed by atoms with van der Waals surface area (Å²) in [5.41, 5.74) is -0.662. The van der Waals surface area contributed by atoms with Crippen molar-refractivity contribution in [3.8, 4) is 0 Å². The number of nitrogens with zero attached hydrogens (tertiary/aromatic N) is 4. The maximum Gasteiger partial charge on any atom is 0.413 e. The molecule has 0 aliphatic rings. The molecular weight excluding hydrogens is 278 g/mol. The first-order chi connectivity index (χ1) is 9.69. The molecule has 2 heterocycles. The number of aromatic carboxylic acids is 1. The number of ether oxygens (including phenoxy) is 1. The van der Waals surface area contributed by atoms with Crippen molar-refractivity contribution >= 4 is 23.7 Å². The molecule has 0 saturated carbocycles. The Balaban J connectivity index is 2.50. The Morgan fingerprint density at radius 1 is 1.38 bits per heavy atom. The third-order valence-corrected chi connectivity index (χ3v) is 2.44. The summed E-state index contributed by atoms with van der Waals surface area (Å²) >= 11 is 0. The van der Waals surface area contributed by atoms with E-state index in [0.29, 0.717) is 0 Å². The molecule has 2 N–H and O–H groups in total. The van der Waals surface area contributed by atoms with Crippen LogP contribution in [0.2, 0.25) is 0 Å². The van der Waals surface area contributed by atoms with Crippen LogP contribution >= 0.6 is 0 Å². The van der Waals surface area contributed by atoms with Crippen molar-refractivity contribution in [3.63, 3.8) is 0 Å². The highest BCUT2D eigenvalue weighted by Gasteiger charge is 2.24. The number of anilines is 1. The fraction of sp³-hybridized carbons (Fsp3) is 0.417. The molecule has 0 aliphatic carbocycles. The predicted octanol–water partition coefficient (Wildman–Crippen LogP) is 1.48. The fourth-order valence-electron chi connectivity index (χ4n) is 1.72. The molecule has 21 heavy (non-hydrogen) atoms. The van der Waals surface area contributed by atoms with Crippen molar-refractivity contribution in [3.05, 3.63) is 17.6 Å². The van der Waals surface area contributed by atoms with E-state index in [4.69, 9.17) is 4.74 Å². The Morgan fingerprint density at radius 3 is 2.62 bits per heavy atom. The van der Waals surface area contributed by atoms with Crippen molar-refractivity contribution in [2.45, 2.75) is 33.3 Å². The zero-order chi connectivity index (χ0) is 15.8. The van der Waals surface area contributed by atoms with Gasteiger partial charge in [0, 0.05) is 0 Å². The number of carboxylic acids is 1. The molecule has 0 aromatic carbocycles. The number of aryl methyl sites for hydroxylation is 1. The van der Waals surface area contributed by atoms with E-state index in [-0.39, 0.29) is 22.9 Å². The van der Waals surface area contributed by atoms with Gasteiger partial charge in [0.15, 0.2) is 5.82 Å². The second-order valence-electron chi connectivity index (χ2n) is 5.32. The van der Waals surface area contributed by atoms with Crippen LogP contribution < -0.4 is 5.32 Å². The molecule has 9 heteroatoms. The summed E-state index contributed by atoms with van der Waals surface area (Å²) in [6.45, 7) is 6.62. The minimum atomic E-state index is -1.23. The Kier molecular flexibility index (Phi) is 3.50. The zero-order valence-electron chi connectivity index (χ0n) is 12.0. The van der Waals surface area contributed by atoms with E-state index in [1.165, 1.54) is 13.3 Å². The lowest BCUT2D eigenvalue weighted by molar-refractivity contribution is 0.0635. The fourth-order valence-corrected chi connectivity index (χ4v) is 1.72. The second kappa shape index (κ2) is 5.00. The number of hydrogen-bond donors (Lipinski definition) is 2. The van der Waals surface area contributed by atoms with Crippen LogP contribution in [0.5, 0.6) is 0 Å². The Morgan fingerprint density at radius 2 is 2.05 bits per heavy atom. The van der Waals surface area contributed by atoms with E-state index in [1.807, 2.05) is 0 Å². The molecule has 112 valence electrons. The highest BCUT2D eigenvalue weighted by atomic mass is 16.6. The Labute approximate surface area is 120 Å². The number of carboxylic acid groups (broad SMARTS) is 1. The van der Waals surface area contributed by atoms with E-state index in [2.05, 4.69) is 20.4 Å². The molecule has 0 saturated heterocycles. The number of rotatable bonds is 2. The smallest absolute Gasteiger partial charge is 0.413 e. The summed E-state index contributed by atoms with van der Waals surface area (Å²) in [6.07, 6.45) is 0.431. The van der Waals surface area contributed by atoms with Gasteiger partial charge in [0.25, 0.3) is 5.78 Å². The number of nitrogens with one attached hydrogen (secondary N) is 1. The highest BCUT2D eigenvalue weighted by Crippen LogP contribution is 2.20. The van der Waals surface area contributed by atoms with Crippen LogP contribution in [0.3, 0.4) is 0 Å². The van der Waals surface area contributed by atoms with Gasteiger partial charge in [-0.3, -0.25) is 5.32 Å². The minimum absolute atomic E-state index is 0.0447. The van der Waals surface area contributed by atoms with Crippen molar-refractivity contribution < 1.29 is 19.4 Å². The molecular formula is C12H15N5O4. The van der Waals surface area contributed by atoms with Crippen molar-refractivity contribution in [1.29, 1.82) is 0 Å². The van der Waals surface area contributed by atoms with Gasteiger partial charge in [-0.2, -0.15) is 14.6 Å². The number of hydrogen-bond acceptors (Lipinski definition) is 6. The largest absolute Gasteiger partial charge is 0.477 e. The lowest BCUT2D eigenvalue weighted by Gasteiger charge is -2.20. The van der Waals surface area contributed by atoms with Gasteiger partial charge in [0.2, 0.25) is 0 Å². The number of amides is 1. The van der Waals surface area contributed by atoms with Gasteiger partial charge >= 0.3 is 12.1 Å². The van der Waals surface area contributed by atoms with E-state index in [0.717, 1.165) is 4.52 Å². The third-order valence-electron chi connectivity index (χ3n) is 2.44. The van der Waals surface area contributed by atoms with Gasteiger partial charge in [0.1, 0.15) is 17.5 Å². The van der Waals surface area contributed by atoms with E-state index in [9.17, 15) is 14.7 Å². The summed E-state index contributed by atoms with van der Waals surface area (Å²) in [4.78, 5) is 31.1. The van der Waals surface area contributed by atoms with Crippen LogP contribution in [-0.2, 0) is 4.74 Å². The Hall–Kier alpha value is -2.71. The summed E-state index contributed by atoms with van der Waals surface area (Å²) < 4.78 is 6.26. The van der Waals surface area contributed by atoms with Crippen molar-refractivity contribution in [2.24, 2.45) is 0 Å². The summed E-state index contributed by atoms with van der Waals surface area (Å²) in [7, 11) is 0. The van der Waals surface area contributed by atoms with E-state index in [1.54, 1.807) is 20.8 Å². The minimum Gasteiger partial charge on any atom is -0.477 e. The van der Waals surface area contributed by atoms with Crippen molar-refractivity contribution in [1.82, 2.24) is 19.6 Å². The first kappa shape index (κ1) is 14.7.